The average Bonchev–Trinajstić information content (AvgIpc) is 3.01. The Balaban J connectivity index is 1.53. The summed E-state index contributed by atoms with van der Waals surface area (Å²) in [5.41, 5.74) is 2.47. The van der Waals surface area contributed by atoms with Crippen molar-refractivity contribution in [3.63, 3.8) is 0 Å². The van der Waals surface area contributed by atoms with Crippen LogP contribution in [0.4, 0.5) is 5.69 Å². The van der Waals surface area contributed by atoms with Crippen LogP contribution in [0.25, 0.3) is 0 Å². The molecule has 2 aliphatic heterocycles. The number of benzene rings is 1. The number of para-hydroxylation sites is 1. The Morgan fingerprint density at radius 2 is 2.12 bits per heavy atom. The average molecular weight is 356 g/mol. The van der Waals surface area contributed by atoms with Crippen molar-refractivity contribution in [2.75, 3.05) is 18.1 Å². The highest BCUT2D eigenvalue weighted by atomic mass is 32.2. The zero-order valence-corrected chi connectivity index (χ0v) is 14.7. The number of nitrogens with zero attached hydrogens (tertiary/aromatic N) is 3. The number of aliphatic hydroxyl groups excluding tert-OH is 1. The lowest BCUT2D eigenvalue weighted by Crippen LogP contribution is -2.47. The maximum absolute atomic E-state index is 10.2. The second-order valence-electron chi connectivity index (χ2n) is 6.06. The molecule has 25 heavy (non-hydrogen) atoms. The molecule has 0 radical (unpaired) electrons. The zero-order valence-electron chi connectivity index (χ0n) is 13.9. The van der Waals surface area contributed by atoms with Crippen LogP contribution in [0.1, 0.15) is 6.92 Å². The molecule has 0 spiro atoms. The van der Waals surface area contributed by atoms with Gasteiger partial charge in [0.1, 0.15) is 11.5 Å². The van der Waals surface area contributed by atoms with Crippen LogP contribution in [0, 0.1) is 0 Å². The van der Waals surface area contributed by atoms with Gasteiger partial charge >= 0.3 is 0 Å². The first kappa shape index (κ1) is 16.4. The molecule has 3 unspecified atom stereocenters. The van der Waals surface area contributed by atoms with Crippen LogP contribution < -0.4 is 10.2 Å². The van der Waals surface area contributed by atoms with Crippen molar-refractivity contribution in [1.29, 1.82) is 0 Å². The zero-order chi connectivity index (χ0) is 17.2. The molecule has 3 aliphatic rings. The molecule has 0 aromatic heterocycles. The largest absolute Gasteiger partial charge is 0.506 e. The number of thioether (sulfide) groups is 1. The molecular weight excluding hydrogens is 336 g/mol. The van der Waals surface area contributed by atoms with E-state index in [-0.39, 0.29) is 23.4 Å². The lowest BCUT2D eigenvalue weighted by molar-refractivity contribution is 0.0361. The molecule has 2 heterocycles. The number of aliphatic hydroxyl groups is 1. The minimum absolute atomic E-state index is 0.00159. The van der Waals surface area contributed by atoms with E-state index in [1.54, 1.807) is 17.8 Å². The van der Waals surface area contributed by atoms with Gasteiger partial charge in [-0.05, 0) is 36.6 Å². The van der Waals surface area contributed by atoms with Crippen molar-refractivity contribution in [3.05, 3.63) is 65.0 Å². The molecule has 1 aromatic rings. The lowest BCUT2D eigenvalue weighted by Gasteiger charge is -2.31. The van der Waals surface area contributed by atoms with E-state index >= 15 is 0 Å². The number of ether oxygens (including phenoxy) is 1. The van der Waals surface area contributed by atoms with Gasteiger partial charge in [0.25, 0.3) is 0 Å². The fraction of sp³-hybridized carbons (Fsp3) is 0.333. The third kappa shape index (κ3) is 3.35. The monoisotopic (exact) mass is 356 g/mol. The van der Waals surface area contributed by atoms with E-state index in [0.717, 1.165) is 17.9 Å². The molecule has 0 amide bonds. The molecule has 7 heteroatoms. The number of rotatable bonds is 3. The topological polar surface area (TPSA) is 69.5 Å². The Bertz CT molecular complexity index is 760. The van der Waals surface area contributed by atoms with E-state index in [1.165, 1.54) is 0 Å². The van der Waals surface area contributed by atoms with E-state index in [0.29, 0.717) is 12.3 Å². The minimum Gasteiger partial charge on any atom is -0.506 e. The van der Waals surface area contributed by atoms with Crippen molar-refractivity contribution < 1.29 is 9.84 Å². The molecule has 6 nitrogen and oxygen atoms in total. The number of hydrogen-bond acceptors (Lipinski definition) is 7. The molecule has 2 N–H and O–H groups in total. The summed E-state index contributed by atoms with van der Waals surface area (Å²) in [7, 11) is 0. The van der Waals surface area contributed by atoms with E-state index in [9.17, 15) is 5.11 Å². The number of allylic oxidation sites excluding steroid dienone is 1. The van der Waals surface area contributed by atoms with E-state index in [2.05, 4.69) is 44.9 Å². The summed E-state index contributed by atoms with van der Waals surface area (Å²) in [6, 6.07) is 10.1. The lowest BCUT2D eigenvalue weighted by atomic mass is 10.0. The highest BCUT2D eigenvalue weighted by molar-refractivity contribution is 8.03. The summed E-state index contributed by atoms with van der Waals surface area (Å²) < 4.78 is 5.72. The summed E-state index contributed by atoms with van der Waals surface area (Å²) in [4.78, 5) is 2.12. The Hall–Kier alpha value is -2.09. The van der Waals surface area contributed by atoms with Gasteiger partial charge in [-0.1, -0.05) is 30.0 Å². The van der Waals surface area contributed by atoms with Crippen LogP contribution in [0.3, 0.4) is 0 Å². The summed E-state index contributed by atoms with van der Waals surface area (Å²) in [5.74, 6) is 0.141. The molecule has 1 aromatic carbocycles. The van der Waals surface area contributed by atoms with Gasteiger partial charge in [-0.25, -0.2) is 0 Å². The number of nitrogens with one attached hydrogen (secondary N) is 1. The number of azo groups is 1. The van der Waals surface area contributed by atoms with Gasteiger partial charge in [0.05, 0.1) is 18.8 Å². The molecule has 1 aliphatic carbocycles. The van der Waals surface area contributed by atoms with Gasteiger partial charge in [-0.2, -0.15) is 5.11 Å². The molecule has 0 saturated carbocycles. The number of anilines is 1. The van der Waals surface area contributed by atoms with Crippen molar-refractivity contribution in [3.8, 4) is 0 Å². The molecule has 4 rings (SSSR count). The SMILES string of the molecule is CC1=CSC(N=NC2=CC3OCCNC3C=C2O)N1c1ccccc1. The van der Waals surface area contributed by atoms with Gasteiger partial charge in [0.15, 0.2) is 5.50 Å². The molecular formula is C18H20N4O2S. The van der Waals surface area contributed by atoms with Crippen LogP contribution in [0.2, 0.25) is 0 Å². The third-order valence-corrected chi connectivity index (χ3v) is 5.35. The number of morpholine rings is 1. The summed E-state index contributed by atoms with van der Waals surface area (Å²) >= 11 is 1.60. The highest BCUT2D eigenvalue weighted by Crippen LogP contribution is 2.36. The smallest absolute Gasteiger partial charge is 0.197 e. The maximum Gasteiger partial charge on any atom is 0.197 e. The van der Waals surface area contributed by atoms with Gasteiger partial charge in [0.2, 0.25) is 0 Å². The van der Waals surface area contributed by atoms with Crippen LogP contribution in [0.15, 0.2) is 75.3 Å². The normalized spacial score (nSPS) is 29.2. The summed E-state index contributed by atoms with van der Waals surface area (Å²) in [6.45, 7) is 3.49. The Labute approximate surface area is 151 Å². The second kappa shape index (κ2) is 7.03. The molecule has 130 valence electrons. The minimum atomic E-state index is -0.181. The van der Waals surface area contributed by atoms with Crippen LogP contribution in [0.5, 0.6) is 0 Å². The van der Waals surface area contributed by atoms with Gasteiger partial charge in [-0.3, -0.25) is 0 Å². The first-order valence-electron chi connectivity index (χ1n) is 8.28. The maximum atomic E-state index is 10.2. The van der Waals surface area contributed by atoms with Crippen molar-refractivity contribution in [1.82, 2.24) is 5.32 Å². The Kier molecular flexibility index (Phi) is 4.61. The first-order chi connectivity index (χ1) is 12.2. The first-order valence-corrected chi connectivity index (χ1v) is 9.22. The quantitative estimate of drug-likeness (QED) is 0.811. The fourth-order valence-electron chi connectivity index (χ4n) is 3.09. The molecule has 0 bridgehead atoms. The highest BCUT2D eigenvalue weighted by Gasteiger charge is 2.29. The predicted molar refractivity (Wildman–Crippen MR) is 99.2 cm³/mol. The summed E-state index contributed by atoms with van der Waals surface area (Å²) in [6.07, 6.45) is 3.47. The van der Waals surface area contributed by atoms with Crippen LogP contribution >= 0.6 is 11.8 Å². The van der Waals surface area contributed by atoms with E-state index in [1.807, 2.05) is 24.3 Å². The van der Waals surface area contributed by atoms with Gasteiger partial charge in [-0.15, -0.1) is 5.11 Å². The summed E-state index contributed by atoms with van der Waals surface area (Å²) in [5, 5.41) is 24.4. The predicted octanol–water partition coefficient (Wildman–Crippen LogP) is 3.53. The van der Waals surface area contributed by atoms with Crippen LogP contribution in [-0.4, -0.2) is 35.9 Å². The van der Waals surface area contributed by atoms with E-state index < -0.39 is 0 Å². The van der Waals surface area contributed by atoms with Crippen molar-refractivity contribution in [2.45, 2.75) is 24.6 Å². The standard InChI is InChI=1S/C18H20N4O2S/c1-12-11-25-18(22(12)13-5-3-2-4-6-13)21-20-14-10-17-15(9-16(14)23)19-7-8-24-17/h2-6,9-11,15,17-19,23H,7-8H2,1H3. The number of fused-ring (bicyclic) bond motifs is 1. The Morgan fingerprint density at radius 3 is 2.96 bits per heavy atom. The van der Waals surface area contributed by atoms with E-state index in [4.69, 9.17) is 4.74 Å². The fourth-order valence-corrected chi connectivity index (χ4v) is 4.03. The molecule has 1 fully saturated rings. The van der Waals surface area contributed by atoms with Gasteiger partial charge < -0.3 is 20.1 Å². The van der Waals surface area contributed by atoms with Gasteiger partial charge in [0, 0.05) is 17.9 Å². The van der Waals surface area contributed by atoms with Crippen molar-refractivity contribution in [2.24, 2.45) is 10.2 Å². The third-order valence-electron chi connectivity index (χ3n) is 4.33. The number of hydrogen-bond donors (Lipinski definition) is 2. The Morgan fingerprint density at radius 1 is 1.28 bits per heavy atom. The second-order valence-corrected chi connectivity index (χ2v) is 6.99. The molecule has 3 atom stereocenters. The van der Waals surface area contributed by atoms with Crippen LogP contribution in [-0.2, 0) is 4.74 Å². The van der Waals surface area contributed by atoms with Crippen molar-refractivity contribution >= 4 is 17.4 Å². The molecule has 1 saturated heterocycles.